The Bertz CT molecular complexity index is 605. The van der Waals surface area contributed by atoms with Crippen molar-refractivity contribution in [3.63, 3.8) is 0 Å². The molecule has 112 valence electrons. The molecule has 21 heavy (non-hydrogen) atoms. The molecule has 1 unspecified atom stereocenters. The fourth-order valence-electron chi connectivity index (χ4n) is 2.10. The van der Waals surface area contributed by atoms with Crippen molar-refractivity contribution in [2.75, 3.05) is 0 Å². The zero-order valence-electron chi connectivity index (χ0n) is 12.3. The second-order valence-electron chi connectivity index (χ2n) is 6.08. The summed E-state index contributed by atoms with van der Waals surface area (Å²) in [6.45, 7) is 6.22. The average molecular weight is 290 g/mol. The van der Waals surface area contributed by atoms with Gasteiger partial charge in [-0.3, -0.25) is 9.78 Å². The Morgan fingerprint density at radius 1 is 1.38 bits per heavy atom. The number of carboxylic acid groups (broad SMARTS) is 1. The van der Waals surface area contributed by atoms with Crippen molar-refractivity contribution in [3.05, 3.63) is 18.6 Å². The highest BCUT2D eigenvalue weighted by Gasteiger charge is 2.26. The number of carboxylic acids is 1. The van der Waals surface area contributed by atoms with Gasteiger partial charge in [-0.1, -0.05) is 20.8 Å². The lowest BCUT2D eigenvalue weighted by Crippen LogP contribution is -2.26. The molecular formula is C13H18N6O2. The second-order valence-corrected chi connectivity index (χ2v) is 6.08. The molecule has 0 aromatic carbocycles. The van der Waals surface area contributed by atoms with E-state index in [9.17, 15) is 9.90 Å². The number of hydrogen-bond donors (Lipinski definition) is 1. The number of aromatic nitrogens is 6. The van der Waals surface area contributed by atoms with Crippen LogP contribution in [-0.2, 0) is 11.3 Å². The summed E-state index contributed by atoms with van der Waals surface area (Å²) in [5.41, 5.74) is 0.423. The molecule has 0 saturated heterocycles. The molecule has 0 bridgehead atoms. The average Bonchev–Trinajstić information content (AvgIpc) is 2.85. The summed E-state index contributed by atoms with van der Waals surface area (Å²) in [6.07, 6.45) is 5.17. The normalized spacial score (nSPS) is 13.1. The molecular weight excluding hydrogens is 272 g/mol. The topological polar surface area (TPSA) is 107 Å². The van der Waals surface area contributed by atoms with Crippen molar-refractivity contribution in [1.29, 1.82) is 0 Å². The number of rotatable bonds is 5. The number of carbonyl (C=O) groups is 1. The minimum absolute atomic E-state index is 0.0935. The standard InChI is InChI=1S/C13H18N6O2/c1-13(2,3)6-9(12(20)21)8-19-11(16-17-18-19)10-7-14-4-5-15-10/h4-5,7,9H,6,8H2,1-3H3,(H,20,21). The highest BCUT2D eigenvalue weighted by molar-refractivity contribution is 5.70. The van der Waals surface area contributed by atoms with Gasteiger partial charge in [-0.2, -0.15) is 0 Å². The Labute approximate surface area is 122 Å². The van der Waals surface area contributed by atoms with Crippen LogP contribution in [0.25, 0.3) is 11.5 Å². The van der Waals surface area contributed by atoms with Crippen LogP contribution in [0.15, 0.2) is 18.6 Å². The summed E-state index contributed by atoms with van der Waals surface area (Å²) in [7, 11) is 0. The van der Waals surface area contributed by atoms with Gasteiger partial charge in [0.25, 0.3) is 0 Å². The third-order valence-electron chi connectivity index (χ3n) is 2.93. The summed E-state index contributed by atoms with van der Waals surface area (Å²) in [6, 6.07) is 0. The predicted molar refractivity (Wildman–Crippen MR) is 74.0 cm³/mol. The molecule has 0 fully saturated rings. The van der Waals surface area contributed by atoms with E-state index < -0.39 is 11.9 Å². The van der Waals surface area contributed by atoms with E-state index in [-0.39, 0.29) is 12.0 Å². The highest BCUT2D eigenvalue weighted by atomic mass is 16.4. The van der Waals surface area contributed by atoms with E-state index >= 15 is 0 Å². The van der Waals surface area contributed by atoms with Crippen LogP contribution < -0.4 is 0 Å². The maximum absolute atomic E-state index is 11.4. The van der Waals surface area contributed by atoms with Gasteiger partial charge < -0.3 is 5.11 Å². The van der Waals surface area contributed by atoms with Crippen LogP contribution in [0.5, 0.6) is 0 Å². The van der Waals surface area contributed by atoms with Gasteiger partial charge in [0.05, 0.1) is 18.7 Å². The maximum atomic E-state index is 11.4. The number of aliphatic carboxylic acids is 1. The number of tetrazole rings is 1. The Hall–Kier alpha value is -2.38. The van der Waals surface area contributed by atoms with Crippen LogP contribution in [0, 0.1) is 11.3 Å². The van der Waals surface area contributed by atoms with E-state index in [1.54, 1.807) is 12.4 Å². The quantitative estimate of drug-likeness (QED) is 0.883. The third kappa shape index (κ3) is 4.04. The minimum Gasteiger partial charge on any atom is -0.481 e. The summed E-state index contributed by atoms with van der Waals surface area (Å²) in [5.74, 6) is -1.00. The summed E-state index contributed by atoms with van der Waals surface area (Å²) in [5, 5.41) is 20.8. The van der Waals surface area contributed by atoms with Crippen molar-refractivity contribution in [2.45, 2.75) is 33.7 Å². The Morgan fingerprint density at radius 3 is 2.71 bits per heavy atom. The predicted octanol–water partition coefficient (Wildman–Crippen LogP) is 1.27. The largest absolute Gasteiger partial charge is 0.481 e. The van der Waals surface area contributed by atoms with Crippen LogP contribution in [0.3, 0.4) is 0 Å². The molecule has 0 saturated carbocycles. The van der Waals surface area contributed by atoms with Crippen LogP contribution in [-0.4, -0.2) is 41.3 Å². The molecule has 2 aromatic rings. The van der Waals surface area contributed by atoms with E-state index in [0.29, 0.717) is 17.9 Å². The van der Waals surface area contributed by atoms with Crippen LogP contribution >= 0.6 is 0 Å². The maximum Gasteiger partial charge on any atom is 0.308 e. The Kier molecular flexibility index (Phi) is 4.25. The first-order valence-corrected chi connectivity index (χ1v) is 6.62. The van der Waals surface area contributed by atoms with Gasteiger partial charge in [-0.25, -0.2) is 9.67 Å². The molecule has 0 amide bonds. The van der Waals surface area contributed by atoms with Gasteiger partial charge in [0.1, 0.15) is 5.69 Å². The number of hydrogen-bond acceptors (Lipinski definition) is 6. The van der Waals surface area contributed by atoms with E-state index in [2.05, 4.69) is 25.5 Å². The first-order chi connectivity index (χ1) is 9.87. The summed E-state index contributed by atoms with van der Waals surface area (Å²) >= 11 is 0. The van der Waals surface area contributed by atoms with Gasteiger partial charge in [0.2, 0.25) is 5.82 Å². The van der Waals surface area contributed by atoms with Crippen molar-refractivity contribution < 1.29 is 9.90 Å². The lowest BCUT2D eigenvalue weighted by atomic mass is 9.84. The van der Waals surface area contributed by atoms with Gasteiger partial charge in [0.15, 0.2) is 0 Å². The SMILES string of the molecule is CC(C)(C)CC(Cn1nnnc1-c1cnccn1)C(=O)O. The van der Waals surface area contributed by atoms with Crippen LogP contribution in [0.1, 0.15) is 27.2 Å². The molecule has 8 heteroatoms. The second kappa shape index (κ2) is 5.94. The van der Waals surface area contributed by atoms with E-state index in [1.807, 2.05) is 20.8 Å². The molecule has 0 aliphatic carbocycles. The van der Waals surface area contributed by atoms with Crippen LogP contribution in [0.4, 0.5) is 0 Å². The lowest BCUT2D eigenvalue weighted by molar-refractivity contribution is -0.143. The minimum atomic E-state index is -0.856. The number of nitrogens with zero attached hydrogens (tertiary/aromatic N) is 6. The van der Waals surface area contributed by atoms with Crippen LogP contribution in [0.2, 0.25) is 0 Å². The van der Waals surface area contributed by atoms with Gasteiger partial charge >= 0.3 is 5.97 Å². The molecule has 2 heterocycles. The molecule has 0 spiro atoms. The lowest BCUT2D eigenvalue weighted by Gasteiger charge is -2.23. The van der Waals surface area contributed by atoms with Gasteiger partial charge in [-0.05, 0) is 22.3 Å². The van der Waals surface area contributed by atoms with Gasteiger partial charge in [-0.15, -0.1) is 5.10 Å². The molecule has 2 aromatic heterocycles. The molecule has 8 nitrogen and oxygen atoms in total. The zero-order chi connectivity index (χ0) is 15.5. The molecule has 1 N–H and O–H groups in total. The van der Waals surface area contributed by atoms with E-state index in [0.717, 1.165) is 0 Å². The van der Waals surface area contributed by atoms with Crippen molar-refractivity contribution >= 4 is 5.97 Å². The summed E-state index contributed by atoms with van der Waals surface area (Å²) < 4.78 is 1.47. The fraction of sp³-hybridized carbons (Fsp3) is 0.538. The molecule has 0 radical (unpaired) electrons. The third-order valence-corrected chi connectivity index (χ3v) is 2.93. The van der Waals surface area contributed by atoms with E-state index in [4.69, 9.17) is 0 Å². The molecule has 1 atom stereocenters. The van der Waals surface area contributed by atoms with Crippen molar-refractivity contribution in [2.24, 2.45) is 11.3 Å². The van der Waals surface area contributed by atoms with Gasteiger partial charge in [0, 0.05) is 12.4 Å². The van der Waals surface area contributed by atoms with Crippen molar-refractivity contribution in [3.8, 4) is 11.5 Å². The molecule has 2 rings (SSSR count). The Morgan fingerprint density at radius 2 is 2.14 bits per heavy atom. The monoisotopic (exact) mass is 290 g/mol. The highest BCUT2D eigenvalue weighted by Crippen LogP contribution is 2.26. The smallest absolute Gasteiger partial charge is 0.308 e. The first kappa shape index (κ1) is 15.0. The first-order valence-electron chi connectivity index (χ1n) is 6.62. The fourth-order valence-corrected chi connectivity index (χ4v) is 2.10. The summed E-state index contributed by atoms with van der Waals surface area (Å²) in [4.78, 5) is 19.5. The van der Waals surface area contributed by atoms with Crippen molar-refractivity contribution in [1.82, 2.24) is 30.2 Å². The Balaban J connectivity index is 2.23. The zero-order valence-corrected chi connectivity index (χ0v) is 12.3. The molecule has 0 aliphatic heterocycles. The molecule has 0 aliphatic rings. The van der Waals surface area contributed by atoms with E-state index in [1.165, 1.54) is 10.9 Å².